The van der Waals surface area contributed by atoms with Gasteiger partial charge in [0.05, 0.1) is 6.04 Å². The van der Waals surface area contributed by atoms with Crippen molar-refractivity contribution in [3.05, 3.63) is 108 Å². The van der Waals surface area contributed by atoms with Gasteiger partial charge in [-0.3, -0.25) is 14.8 Å². The molecule has 0 amide bonds. The number of pyridine rings is 1. The summed E-state index contributed by atoms with van der Waals surface area (Å²) in [4.78, 5) is 9.31. The Morgan fingerprint density at radius 2 is 1.41 bits per heavy atom. The fourth-order valence-corrected chi connectivity index (χ4v) is 4.82. The van der Waals surface area contributed by atoms with Crippen LogP contribution in [0.2, 0.25) is 0 Å². The first kappa shape index (κ1) is 22.5. The monoisotopic (exact) mass is 453 g/mol. The number of ether oxygens (including phenoxy) is 1. The number of piperazine rings is 1. The van der Waals surface area contributed by atoms with Crippen LogP contribution in [0.4, 0.5) is 0 Å². The number of rotatable bonds is 8. The van der Waals surface area contributed by atoms with Gasteiger partial charge in [0.25, 0.3) is 0 Å². The Labute approximate surface area is 201 Å². The van der Waals surface area contributed by atoms with Crippen LogP contribution in [0.15, 0.2) is 97.2 Å². The summed E-state index contributed by atoms with van der Waals surface area (Å²) in [5.41, 5.74) is 3.47. The number of fused-ring (bicyclic) bond motifs is 1. The molecule has 1 fully saturated rings. The predicted molar refractivity (Wildman–Crippen MR) is 136 cm³/mol. The molecule has 1 saturated heterocycles. The number of para-hydroxylation sites is 1. The Morgan fingerprint density at radius 3 is 2.09 bits per heavy atom. The Bertz CT molecular complexity index is 1130. The number of hydrogen-bond donors (Lipinski definition) is 1. The smallest absolute Gasteiger partial charge is 0.145 e. The Balaban J connectivity index is 1.17. The van der Waals surface area contributed by atoms with E-state index in [0.29, 0.717) is 6.54 Å². The second-order valence-corrected chi connectivity index (χ2v) is 8.86. The lowest BCUT2D eigenvalue weighted by Crippen LogP contribution is -2.50. The molecule has 0 aliphatic carbocycles. The van der Waals surface area contributed by atoms with Crippen LogP contribution in [-0.2, 0) is 0 Å². The molecule has 1 atom stereocenters. The van der Waals surface area contributed by atoms with E-state index in [1.807, 2.05) is 30.3 Å². The molecule has 1 aliphatic rings. The van der Waals surface area contributed by atoms with Gasteiger partial charge in [-0.25, -0.2) is 0 Å². The Hall–Kier alpha value is -3.25. The zero-order valence-corrected chi connectivity index (χ0v) is 19.3. The van der Waals surface area contributed by atoms with E-state index in [9.17, 15) is 5.11 Å². The van der Waals surface area contributed by atoms with Crippen molar-refractivity contribution in [3.8, 4) is 5.75 Å². The van der Waals surface area contributed by atoms with E-state index in [4.69, 9.17) is 4.74 Å². The summed E-state index contributed by atoms with van der Waals surface area (Å²) in [6.07, 6.45) is 1.22. The molecular formula is C29H31N3O2. The van der Waals surface area contributed by atoms with Crippen molar-refractivity contribution in [3.63, 3.8) is 0 Å². The largest absolute Gasteiger partial charge is 0.489 e. The summed E-state index contributed by atoms with van der Waals surface area (Å²) < 4.78 is 5.95. The minimum Gasteiger partial charge on any atom is -0.489 e. The van der Waals surface area contributed by atoms with Gasteiger partial charge >= 0.3 is 0 Å². The van der Waals surface area contributed by atoms with Crippen LogP contribution in [0.3, 0.4) is 0 Å². The standard InChI is InChI=1S/C29H31N3O2/c33-26(22-34-27-15-7-13-23-14-8-16-30-28(23)27)21-31-17-19-32(20-18-31)29(24-9-3-1-4-10-24)25-11-5-2-6-12-25/h1-16,26,29,33H,17-22H2. The summed E-state index contributed by atoms with van der Waals surface area (Å²) >= 11 is 0. The van der Waals surface area contributed by atoms with Crippen molar-refractivity contribution in [1.29, 1.82) is 0 Å². The molecule has 4 aromatic rings. The van der Waals surface area contributed by atoms with E-state index < -0.39 is 6.10 Å². The first-order valence-electron chi connectivity index (χ1n) is 12.0. The van der Waals surface area contributed by atoms with E-state index in [1.54, 1.807) is 6.20 Å². The summed E-state index contributed by atoms with van der Waals surface area (Å²) in [5.74, 6) is 0.718. The van der Waals surface area contributed by atoms with Gasteiger partial charge < -0.3 is 9.84 Å². The number of hydrogen-bond acceptors (Lipinski definition) is 5. The van der Waals surface area contributed by atoms with Crippen molar-refractivity contribution in [2.75, 3.05) is 39.3 Å². The average molecular weight is 454 g/mol. The second kappa shape index (κ2) is 10.8. The number of aromatic nitrogens is 1. The Kier molecular flexibility index (Phi) is 7.15. The van der Waals surface area contributed by atoms with Gasteiger partial charge in [0.2, 0.25) is 0 Å². The lowest BCUT2D eigenvalue weighted by molar-refractivity contribution is 0.0403. The third kappa shape index (κ3) is 5.28. The van der Waals surface area contributed by atoms with Crippen LogP contribution in [-0.4, -0.2) is 65.3 Å². The van der Waals surface area contributed by atoms with Crippen LogP contribution >= 0.6 is 0 Å². The first-order valence-corrected chi connectivity index (χ1v) is 12.0. The highest BCUT2D eigenvalue weighted by Crippen LogP contribution is 2.29. The second-order valence-electron chi connectivity index (χ2n) is 8.86. The number of nitrogens with zero attached hydrogens (tertiary/aromatic N) is 3. The normalized spacial score (nSPS) is 16.1. The van der Waals surface area contributed by atoms with Gasteiger partial charge in [0, 0.05) is 44.3 Å². The zero-order valence-electron chi connectivity index (χ0n) is 19.3. The van der Waals surface area contributed by atoms with E-state index in [1.165, 1.54) is 11.1 Å². The van der Waals surface area contributed by atoms with Gasteiger partial charge in [-0.1, -0.05) is 78.9 Å². The van der Waals surface area contributed by atoms with Gasteiger partial charge in [-0.05, 0) is 23.3 Å². The third-order valence-electron chi connectivity index (χ3n) is 6.50. The predicted octanol–water partition coefficient (Wildman–Crippen LogP) is 4.38. The summed E-state index contributed by atoms with van der Waals surface area (Å²) in [6.45, 7) is 4.61. The average Bonchev–Trinajstić information content (AvgIpc) is 2.90. The third-order valence-corrected chi connectivity index (χ3v) is 6.50. The van der Waals surface area contributed by atoms with Crippen LogP contribution in [0.5, 0.6) is 5.75 Å². The molecule has 1 aliphatic heterocycles. The molecule has 174 valence electrons. The van der Waals surface area contributed by atoms with E-state index in [-0.39, 0.29) is 12.6 Å². The lowest BCUT2D eigenvalue weighted by Gasteiger charge is -2.40. The molecule has 1 N–H and O–H groups in total. The van der Waals surface area contributed by atoms with Gasteiger partial charge in [-0.2, -0.15) is 0 Å². The van der Waals surface area contributed by atoms with Crippen LogP contribution < -0.4 is 4.74 Å². The van der Waals surface area contributed by atoms with Crippen LogP contribution in [0.25, 0.3) is 10.9 Å². The topological polar surface area (TPSA) is 48.8 Å². The van der Waals surface area contributed by atoms with Crippen molar-refractivity contribution >= 4 is 10.9 Å². The Morgan fingerprint density at radius 1 is 0.765 bits per heavy atom. The molecule has 1 unspecified atom stereocenters. The fourth-order valence-electron chi connectivity index (χ4n) is 4.82. The molecule has 5 nitrogen and oxygen atoms in total. The molecule has 0 spiro atoms. The number of β-amino-alcohol motifs (C(OH)–C–C–N with tert-alkyl or cyclic N) is 1. The van der Waals surface area contributed by atoms with E-state index in [2.05, 4.69) is 75.4 Å². The first-order chi connectivity index (χ1) is 16.8. The molecule has 34 heavy (non-hydrogen) atoms. The van der Waals surface area contributed by atoms with Crippen molar-refractivity contribution in [1.82, 2.24) is 14.8 Å². The highest BCUT2D eigenvalue weighted by atomic mass is 16.5. The van der Waals surface area contributed by atoms with E-state index >= 15 is 0 Å². The molecule has 5 rings (SSSR count). The van der Waals surface area contributed by atoms with Crippen LogP contribution in [0.1, 0.15) is 17.2 Å². The minimum absolute atomic E-state index is 0.247. The molecule has 1 aromatic heterocycles. The molecular weight excluding hydrogens is 422 g/mol. The highest BCUT2D eigenvalue weighted by molar-refractivity contribution is 5.84. The van der Waals surface area contributed by atoms with Crippen molar-refractivity contribution in [2.24, 2.45) is 0 Å². The highest BCUT2D eigenvalue weighted by Gasteiger charge is 2.27. The maximum Gasteiger partial charge on any atom is 0.145 e. The summed E-state index contributed by atoms with van der Waals surface area (Å²) in [5, 5.41) is 11.7. The molecule has 3 aromatic carbocycles. The SMILES string of the molecule is OC(COc1cccc2cccnc12)CN1CCN(C(c2ccccc2)c2ccccc2)CC1. The van der Waals surface area contributed by atoms with E-state index in [0.717, 1.165) is 42.8 Å². The quantitative estimate of drug-likeness (QED) is 0.429. The zero-order chi connectivity index (χ0) is 23.2. The molecule has 5 heteroatoms. The maximum atomic E-state index is 10.7. The summed E-state index contributed by atoms with van der Waals surface area (Å²) in [6, 6.07) is 31.5. The fraction of sp³-hybridized carbons (Fsp3) is 0.276. The number of aliphatic hydroxyl groups excluding tert-OH is 1. The van der Waals surface area contributed by atoms with Gasteiger partial charge in [-0.15, -0.1) is 0 Å². The van der Waals surface area contributed by atoms with Gasteiger partial charge in [0.15, 0.2) is 0 Å². The lowest BCUT2D eigenvalue weighted by atomic mass is 9.96. The maximum absolute atomic E-state index is 10.7. The van der Waals surface area contributed by atoms with Gasteiger partial charge in [0.1, 0.15) is 24.0 Å². The van der Waals surface area contributed by atoms with Crippen molar-refractivity contribution < 1.29 is 9.84 Å². The molecule has 2 heterocycles. The molecule has 0 radical (unpaired) electrons. The minimum atomic E-state index is -0.551. The number of benzene rings is 3. The van der Waals surface area contributed by atoms with Crippen LogP contribution in [0, 0.1) is 0 Å². The summed E-state index contributed by atoms with van der Waals surface area (Å²) in [7, 11) is 0. The number of aliphatic hydroxyl groups is 1. The van der Waals surface area contributed by atoms with Crippen molar-refractivity contribution in [2.45, 2.75) is 12.1 Å². The molecule has 0 saturated carbocycles. The molecule has 0 bridgehead atoms.